The Kier molecular flexibility index (Phi) is 10.0. The number of thioether (sulfide) groups is 1. The van der Waals surface area contributed by atoms with Crippen LogP contribution in [0.2, 0.25) is 0 Å². The highest BCUT2D eigenvalue weighted by atomic mass is 32.2. The number of para-hydroxylation sites is 1. The van der Waals surface area contributed by atoms with Crippen molar-refractivity contribution in [2.75, 3.05) is 13.2 Å². The lowest BCUT2D eigenvalue weighted by atomic mass is 10.1. The number of carboxylic acid groups (broad SMARTS) is 2. The molecular weight excluding hydrogens is 552 g/mol. The summed E-state index contributed by atoms with van der Waals surface area (Å²) >= 11 is 1.18. The summed E-state index contributed by atoms with van der Waals surface area (Å²) < 4.78 is 39.5. The summed E-state index contributed by atoms with van der Waals surface area (Å²) in [6.45, 7) is 2.03. The molecule has 1 aromatic heterocycles. The van der Waals surface area contributed by atoms with E-state index in [-0.39, 0.29) is 18.9 Å². The lowest BCUT2D eigenvalue weighted by Gasteiger charge is -2.09. The zero-order chi connectivity index (χ0) is 29.4. The molecule has 2 N–H and O–H groups in total. The fraction of sp³-hybridized carbons (Fsp3) is 0.226. The minimum Gasteiger partial charge on any atom is -0.494 e. The van der Waals surface area contributed by atoms with Gasteiger partial charge < -0.3 is 24.3 Å². The van der Waals surface area contributed by atoms with Gasteiger partial charge in [-0.1, -0.05) is 48.6 Å². The van der Waals surface area contributed by atoms with Crippen LogP contribution in [0.3, 0.4) is 0 Å². The predicted octanol–water partition coefficient (Wildman–Crippen LogP) is 6.98. The third kappa shape index (κ3) is 7.88. The molecule has 0 radical (unpaired) electrons. The molecule has 1 atom stereocenters. The van der Waals surface area contributed by atoms with Gasteiger partial charge in [0.25, 0.3) is 0 Å². The molecule has 1 heterocycles. The summed E-state index contributed by atoms with van der Waals surface area (Å²) in [6, 6.07) is 16.9. The summed E-state index contributed by atoms with van der Waals surface area (Å²) in [5.41, 5.74) is 2.43. The SMILES string of the molecule is CC(Sc1cn(CC(=O)O)c2c(/C=C/c3ccc(OCCCCOc4cccc(F)c4F)cc3)cccc12)C(=O)O. The van der Waals surface area contributed by atoms with E-state index in [4.69, 9.17) is 9.47 Å². The third-order valence-corrected chi connectivity index (χ3v) is 7.30. The minimum absolute atomic E-state index is 0.104. The number of carbonyl (C=O) groups is 2. The molecule has 3 aromatic carbocycles. The molecule has 7 nitrogen and oxygen atoms in total. The Hall–Kier alpha value is -4.31. The number of rotatable bonds is 14. The Labute approximate surface area is 240 Å². The Bertz CT molecular complexity index is 1550. The second-order valence-corrected chi connectivity index (χ2v) is 10.6. The molecule has 214 valence electrons. The molecule has 0 bridgehead atoms. The predicted molar refractivity (Wildman–Crippen MR) is 154 cm³/mol. The average molecular weight is 582 g/mol. The highest BCUT2D eigenvalue weighted by molar-refractivity contribution is 8.00. The molecule has 4 rings (SSSR count). The first-order chi connectivity index (χ1) is 19.7. The van der Waals surface area contributed by atoms with E-state index < -0.39 is 28.8 Å². The Morgan fingerprint density at radius 1 is 0.951 bits per heavy atom. The fourth-order valence-electron chi connectivity index (χ4n) is 4.13. The van der Waals surface area contributed by atoms with Crippen molar-refractivity contribution >= 4 is 46.8 Å². The molecule has 0 amide bonds. The standard InChI is InChI=1S/C31H29F2NO6S/c1-20(31(37)38)41-27-18-34(19-28(35)36)30-22(6-4-7-24(27)30)13-10-21-11-14-23(15-12-21)39-16-2-3-17-40-26-9-5-8-25(32)29(26)33/h4-15,18,20H,2-3,16-17,19H2,1H3,(H,35,36)(H,37,38)/b13-10+. The Morgan fingerprint density at radius 3 is 2.37 bits per heavy atom. The first-order valence-electron chi connectivity index (χ1n) is 12.9. The van der Waals surface area contributed by atoms with Crippen molar-refractivity contribution in [3.63, 3.8) is 0 Å². The number of aromatic nitrogens is 1. The first-order valence-corrected chi connectivity index (χ1v) is 13.8. The maximum absolute atomic E-state index is 13.6. The lowest BCUT2D eigenvalue weighted by Crippen LogP contribution is -2.11. The van der Waals surface area contributed by atoms with Crippen LogP contribution in [0, 0.1) is 11.6 Å². The topological polar surface area (TPSA) is 98.0 Å². The van der Waals surface area contributed by atoms with Crippen LogP contribution in [0.4, 0.5) is 8.78 Å². The van der Waals surface area contributed by atoms with Crippen molar-refractivity contribution in [1.82, 2.24) is 4.57 Å². The van der Waals surface area contributed by atoms with Crippen molar-refractivity contribution in [3.8, 4) is 11.5 Å². The number of ether oxygens (including phenoxy) is 2. The summed E-state index contributed by atoms with van der Waals surface area (Å²) in [5, 5.41) is 18.8. The van der Waals surface area contributed by atoms with E-state index in [1.807, 2.05) is 54.6 Å². The maximum atomic E-state index is 13.6. The quantitative estimate of drug-likeness (QED) is 0.0942. The number of benzene rings is 3. The number of hydrogen-bond donors (Lipinski definition) is 2. The van der Waals surface area contributed by atoms with Crippen LogP contribution >= 0.6 is 11.8 Å². The summed E-state index contributed by atoms with van der Waals surface area (Å²) in [6.07, 6.45) is 6.78. The van der Waals surface area contributed by atoms with Gasteiger partial charge in [0.1, 0.15) is 17.5 Å². The van der Waals surface area contributed by atoms with Gasteiger partial charge in [-0.25, -0.2) is 4.39 Å². The Morgan fingerprint density at radius 2 is 1.66 bits per heavy atom. The van der Waals surface area contributed by atoms with E-state index >= 15 is 0 Å². The molecule has 4 aromatic rings. The van der Waals surface area contributed by atoms with E-state index in [0.717, 1.165) is 28.1 Å². The summed E-state index contributed by atoms with van der Waals surface area (Å²) in [4.78, 5) is 23.6. The van der Waals surface area contributed by atoms with Crippen LogP contribution in [0.15, 0.2) is 71.8 Å². The van der Waals surface area contributed by atoms with Gasteiger partial charge in [-0.15, -0.1) is 11.8 Å². The molecule has 0 aliphatic rings. The van der Waals surface area contributed by atoms with Gasteiger partial charge in [0, 0.05) is 16.5 Å². The summed E-state index contributed by atoms with van der Waals surface area (Å²) in [7, 11) is 0. The fourth-order valence-corrected chi connectivity index (χ4v) is 5.09. The van der Waals surface area contributed by atoms with Gasteiger partial charge in [-0.05, 0) is 55.2 Å². The Balaban J connectivity index is 1.36. The number of halogens is 2. The average Bonchev–Trinajstić information content (AvgIpc) is 3.28. The first kappa shape index (κ1) is 29.7. The molecule has 0 saturated carbocycles. The number of unbranched alkanes of at least 4 members (excludes halogenated alkanes) is 1. The third-order valence-electron chi connectivity index (χ3n) is 6.17. The number of nitrogens with zero attached hydrogens (tertiary/aromatic N) is 1. The van der Waals surface area contributed by atoms with Crippen molar-refractivity contribution in [2.45, 2.75) is 36.5 Å². The minimum atomic E-state index is -0.993. The summed E-state index contributed by atoms with van der Waals surface area (Å²) in [5.74, 6) is -3.28. The van der Waals surface area contributed by atoms with E-state index in [2.05, 4.69) is 0 Å². The van der Waals surface area contributed by atoms with Crippen molar-refractivity contribution in [1.29, 1.82) is 0 Å². The maximum Gasteiger partial charge on any atom is 0.323 e. The van der Waals surface area contributed by atoms with Crippen LogP contribution in [0.5, 0.6) is 11.5 Å². The van der Waals surface area contributed by atoms with Crippen LogP contribution < -0.4 is 9.47 Å². The van der Waals surface area contributed by atoms with Gasteiger partial charge in [0.15, 0.2) is 11.6 Å². The highest BCUT2D eigenvalue weighted by Crippen LogP contribution is 2.35. The van der Waals surface area contributed by atoms with Crippen molar-refractivity contribution in [2.24, 2.45) is 0 Å². The normalized spacial score (nSPS) is 12.1. The number of hydrogen-bond acceptors (Lipinski definition) is 5. The monoisotopic (exact) mass is 581 g/mol. The lowest BCUT2D eigenvalue weighted by molar-refractivity contribution is -0.138. The van der Waals surface area contributed by atoms with E-state index in [0.29, 0.717) is 30.1 Å². The molecule has 0 spiro atoms. The van der Waals surface area contributed by atoms with Crippen LogP contribution in [-0.2, 0) is 16.1 Å². The van der Waals surface area contributed by atoms with Gasteiger partial charge >= 0.3 is 11.9 Å². The van der Waals surface area contributed by atoms with E-state index in [1.165, 1.54) is 23.9 Å². The number of aliphatic carboxylic acids is 2. The smallest absolute Gasteiger partial charge is 0.323 e. The van der Waals surface area contributed by atoms with Crippen LogP contribution in [0.1, 0.15) is 30.9 Å². The molecule has 0 fully saturated rings. The van der Waals surface area contributed by atoms with Gasteiger partial charge in [-0.3, -0.25) is 9.59 Å². The van der Waals surface area contributed by atoms with Crippen molar-refractivity contribution < 1.29 is 38.1 Å². The number of fused-ring (bicyclic) bond motifs is 1. The van der Waals surface area contributed by atoms with Crippen LogP contribution in [-0.4, -0.2) is 45.2 Å². The second kappa shape index (κ2) is 13.8. The largest absolute Gasteiger partial charge is 0.494 e. The number of carboxylic acids is 2. The molecule has 10 heteroatoms. The zero-order valence-electron chi connectivity index (χ0n) is 22.3. The second-order valence-electron chi connectivity index (χ2n) is 9.22. The van der Waals surface area contributed by atoms with Crippen LogP contribution in [0.25, 0.3) is 23.1 Å². The molecule has 1 unspecified atom stereocenters. The van der Waals surface area contributed by atoms with Gasteiger partial charge in [0.2, 0.25) is 5.82 Å². The molecule has 41 heavy (non-hydrogen) atoms. The molecule has 0 aliphatic carbocycles. The van der Waals surface area contributed by atoms with Gasteiger partial charge in [-0.2, -0.15) is 4.39 Å². The molecule has 0 aliphatic heterocycles. The molecular formula is C31H29F2NO6S. The van der Waals surface area contributed by atoms with Crippen molar-refractivity contribution in [3.05, 3.63) is 89.6 Å². The zero-order valence-corrected chi connectivity index (χ0v) is 23.1. The highest BCUT2D eigenvalue weighted by Gasteiger charge is 2.19. The molecule has 0 saturated heterocycles. The van der Waals surface area contributed by atoms with E-state index in [1.54, 1.807) is 17.7 Å². The van der Waals surface area contributed by atoms with Gasteiger partial charge in [0.05, 0.1) is 18.7 Å². The van der Waals surface area contributed by atoms with E-state index in [9.17, 15) is 28.6 Å².